The number of nitrogen functional groups attached to an aromatic ring is 1. The van der Waals surface area contributed by atoms with Crippen LogP contribution in [0, 0.1) is 11.3 Å². The predicted octanol–water partition coefficient (Wildman–Crippen LogP) is 1.92. The fourth-order valence-electron chi connectivity index (χ4n) is 2.20. The average Bonchev–Trinajstić information content (AvgIpc) is 2.65. The van der Waals surface area contributed by atoms with Crippen molar-refractivity contribution >= 4 is 23.5 Å². The number of ether oxygens (including phenoxy) is 2. The van der Waals surface area contributed by atoms with Crippen LogP contribution < -0.4 is 20.5 Å². The van der Waals surface area contributed by atoms with Crippen molar-refractivity contribution < 1.29 is 14.3 Å². The van der Waals surface area contributed by atoms with Gasteiger partial charge >= 0.3 is 0 Å². The number of carbonyl (C=O) groups is 1. The molecule has 0 spiro atoms. The van der Waals surface area contributed by atoms with E-state index in [1.165, 1.54) is 6.20 Å². The lowest BCUT2D eigenvalue weighted by molar-refractivity contribution is -0.119. The highest BCUT2D eigenvalue weighted by Gasteiger charge is 2.16. The van der Waals surface area contributed by atoms with Gasteiger partial charge in [0.05, 0.1) is 32.2 Å². The summed E-state index contributed by atoms with van der Waals surface area (Å²) in [7, 11) is 3.15. The number of rotatable bonds is 7. The Morgan fingerprint density at radius 1 is 1.42 bits per heavy atom. The van der Waals surface area contributed by atoms with Gasteiger partial charge in [-0.3, -0.25) is 4.79 Å². The number of anilines is 1. The van der Waals surface area contributed by atoms with Crippen molar-refractivity contribution in [1.29, 1.82) is 5.26 Å². The Labute approximate surface area is 155 Å². The third-order valence-corrected chi connectivity index (χ3v) is 4.39. The molecule has 0 fully saturated rings. The van der Waals surface area contributed by atoms with Crippen molar-refractivity contribution in [3.05, 3.63) is 35.5 Å². The van der Waals surface area contributed by atoms with E-state index in [-0.39, 0.29) is 29.1 Å². The van der Waals surface area contributed by atoms with Crippen molar-refractivity contribution in [2.45, 2.75) is 18.1 Å². The molecule has 0 aliphatic heterocycles. The van der Waals surface area contributed by atoms with E-state index in [1.54, 1.807) is 26.4 Å². The number of nitrogens with two attached hydrogens (primary N) is 1. The van der Waals surface area contributed by atoms with E-state index in [1.807, 2.05) is 19.1 Å². The lowest BCUT2D eigenvalue weighted by Crippen LogP contribution is -2.28. The number of nitrogens with one attached hydrogen (secondary N) is 1. The molecular formula is C17H19N5O3S. The number of aromatic nitrogens is 2. The maximum absolute atomic E-state index is 12.2. The fraction of sp³-hybridized carbons (Fsp3) is 0.294. The molecular weight excluding hydrogens is 354 g/mol. The molecule has 26 heavy (non-hydrogen) atoms. The summed E-state index contributed by atoms with van der Waals surface area (Å²) in [6, 6.07) is 7.02. The number of nitrogens with zero attached hydrogens (tertiary/aromatic N) is 3. The van der Waals surface area contributed by atoms with Crippen molar-refractivity contribution in [3.8, 4) is 17.6 Å². The van der Waals surface area contributed by atoms with E-state index in [0.29, 0.717) is 16.7 Å². The molecule has 0 bridgehead atoms. The molecule has 1 aromatic heterocycles. The summed E-state index contributed by atoms with van der Waals surface area (Å²) in [6.07, 6.45) is 1.34. The van der Waals surface area contributed by atoms with E-state index in [0.717, 1.165) is 17.3 Å². The Hall–Kier alpha value is -2.99. The first kappa shape index (κ1) is 19.3. The molecule has 3 N–H and O–H groups in total. The molecule has 1 amide bonds. The second kappa shape index (κ2) is 8.92. The maximum atomic E-state index is 12.2. The van der Waals surface area contributed by atoms with Crippen molar-refractivity contribution in [1.82, 2.24) is 15.3 Å². The van der Waals surface area contributed by atoms with Crippen LogP contribution in [0.3, 0.4) is 0 Å². The van der Waals surface area contributed by atoms with Gasteiger partial charge in [0, 0.05) is 5.56 Å². The van der Waals surface area contributed by atoms with Crippen molar-refractivity contribution in [3.63, 3.8) is 0 Å². The largest absolute Gasteiger partial charge is 0.497 e. The van der Waals surface area contributed by atoms with Gasteiger partial charge in [-0.1, -0.05) is 11.8 Å². The minimum Gasteiger partial charge on any atom is -0.497 e. The lowest BCUT2D eigenvalue weighted by atomic mass is 10.1. The molecule has 2 aromatic rings. The summed E-state index contributed by atoms with van der Waals surface area (Å²) in [4.78, 5) is 20.2. The normalized spacial score (nSPS) is 11.3. The van der Waals surface area contributed by atoms with E-state index in [9.17, 15) is 4.79 Å². The molecule has 0 aliphatic carbocycles. The minimum atomic E-state index is -0.278. The van der Waals surface area contributed by atoms with E-state index in [2.05, 4.69) is 15.3 Å². The summed E-state index contributed by atoms with van der Waals surface area (Å²) in [6.45, 7) is 1.86. The number of nitriles is 1. The number of amides is 1. The number of thioether (sulfide) groups is 1. The molecule has 9 heteroatoms. The molecule has 136 valence electrons. The highest BCUT2D eigenvalue weighted by Crippen LogP contribution is 2.29. The Morgan fingerprint density at radius 3 is 2.81 bits per heavy atom. The zero-order valence-electron chi connectivity index (χ0n) is 14.6. The standard InChI is InChI=1S/C17H19N5O3S/c1-10(13-6-12(24-2)4-5-14(13)25-3)21-15(23)9-26-17-20-8-11(7-18)16(19)22-17/h4-6,8,10H,9H2,1-3H3,(H,21,23)(H2,19,20,22)/t10-/m1/s1. The molecule has 2 rings (SSSR count). The smallest absolute Gasteiger partial charge is 0.230 e. The molecule has 1 aromatic carbocycles. The summed E-state index contributed by atoms with van der Waals surface area (Å²) < 4.78 is 10.6. The van der Waals surface area contributed by atoms with Crippen LogP contribution in [0.5, 0.6) is 11.5 Å². The number of benzene rings is 1. The van der Waals surface area contributed by atoms with Gasteiger partial charge in [0.1, 0.15) is 28.9 Å². The van der Waals surface area contributed by atoms with Gasteiger partial charge in [-0.05, 0) is 25.1 Å². The third-order valence-electron chi connectivity index (χ3n) is 3.53. The van der Waals surface area contributed by atoms with Gasteiger partial charge in [-0.15, -0.1) is 0 Å². The molecule has 0 aliphatic rings. The summed E-state index contributed by atoms with van der Waals surface area (Å²) in [5, 5.41) is 12.0. The van der Waals surface area contributed by atoms with E-state index in [4.69, 9.17) is 20.5 Å². The molecule has 1 atom stereocenters. The quantitative estimate of drug-likeness (QED) is 0.557. The van der Waals surface area contributed by atoms with Crippen molar-refractivity contribution in [2.24, 2.45) is 0 Å². The second-order valence-electron chi connectivity index (χ2n) is 5.25. The monoisotopic (exact) mass is 373 g/mol. The average molecular weight is 373 g/mol. The summed E-state index contributed by atoms with van der Waals surface area (Å²) in [5.41, 5.74) is 6.66. The van der Waals surface area contributed by atoms with Crippen molar-refractivity contribution in [2.75, 3.05) is 25.7 Å². The Morgan fingerprint density at radius 2 is 2.19 bits per heavy atom. The highest BCUT2D eigenvalue weighted by molar-refractivity contribution is 7.99. The lowest BCUT2D eigenvalue weighted by Gasteiger charge is -2.18. The topological polar surface area (TPSA) is 123 Å². The molecule has 0 unspecified atom stereocenters. The van der Waals surface area contributed by atoms with Gasteiger partial charge in [0.15, 0.2) is 5.16 Å². The second-order valence-corrected chi connectivity index (χ2v) is 6.19. The summed E-state index contributed by atoms with van der Waals surface area (Å²) in [5.74, 6) is 1.35. The maximum Gasteiger partial charge on any atom is 0.230 e. The Balaban J connectivity index is 1.99. The Bertz CT molecular complexity index is 838. The van der Waals surface area contributed by atoms with Crippen LogP contribution in [0.1, 0.15) is 24.1 Å². The van der Waals surface area contributed by atoms with Crippen LogP contribution in [0.4, 0.5) is 5.82 Å². The van der Waals surface area contributed by atoms with E-state index < -0.39 is 0 Å². The molecule has 8 nitrogen and oxygen atoms in total. The zero-order chi connectivity index (χ0) is 19.1. The summed E-state index contributed by atoms with van der Waals surface area (Å²) >= 11 is 1.14. The van der Waals surface area contributed by atoms with Gasteiger partial charge in [-0.25, -0.2) is 9.97 Å². The predicted molar refractivity (Wildman–Crippen MR) is 98.0 cm³/mol. The van der Waals surface area contributed by atoms with Gasteiger partial charge in [0.25, 0.3) is 0 Å². The van der Waals surface area contributed by atoms with Crippen LogP contribution in [0.2, 0.25) is 0 Å². The number of methoxy groups -OCH3 is 2. The van der Waals surface area contributed by atoms with Crippen LogP contribution in [0.25, 0.3) is 0 Å². The van der Waals surface area contributed by atoms with Gasteiger partial charge in [0.2, 0.25) is 5.91 Å². The van der Waals surface area contributed by atoms with Crippen LogP contribution >= 0.6 is 11.8 Å². The minimum absolute atomic E-state index is 0.0971. The van der Waals surface area contributed by atoms with Crippen LogP contribution in [-0.4, -0.2) is 35.8 Å². The third kappa shape index (κ3) is 4.77. The molecule has 0 radical (unpaired) electrons. The van der Waals surface area contributed by atoms with Gasteiger partial charge < -0.3 is 20.5 Å². The van der Waals surface area contributed by atoms with E-state index >= 15 is 0 Å². The Kier molecular flexibility index (Phi) is 6.63. The fourth-order valence-corrected chi connectivity index (χ4v) is 2.84. The molecule has 1 heterocycles. The first-order valence-corrected chi connectivity index (χ1v) is 8.63. The number of hydrogen-bond acceptors (Lipinski definition) is 8. The first-order chi connectivity index (χ1) is 12.5. The SMILES string of the molecule is COc1ccc(OC)c([C@@H](C)NC(=O)CSc2ncc(C#N)c(N)n2)c1. The molecule has 0 saturated carbocycles. The number of carbonyl (C=O) groups excluding carboxylic acids is 1. The first-order valence-electron chi connectivity index (χ1n) is 7.65. The van der Waals surface area contributed by atoms with Crippen LogP contribution in [0.15, 0.2) is 29.6 Å². The van der Waals surface area contributed by atoms with Crippen LogP contribution in [-0.2, 0) is 4.79 Å². The zero-order valence-corrected chi connectivity index (χ0v) is 15.5. The molecule has 0 saturated heterocycles. The number of hydrogen-bond donors (Lipinski definition) is 2. The van der Waals surface area contributed by atoms with Gasteiger partial charge in [-0.2, -0.15) is 5.26 Å². The highest BCUT2D eigenvalue weighted by atomic mass is 32.2.